The van der Waals surface area contributed by atoms with Crippen LogP contribution < -0.4 is 0 Å². The number of hydrogen-bond acceptors (Lipinski definition) is 4. The van der Waals surface area contributed by atoms with E-state index in [0.29, 0.717) is 11.5 Å². The lowest BCUT2D eigenvalue weighted by atomic mass is 9.99. The highest BCUT2D eigenvalue weighted by Crippen LogP contribution is 2.26. The lowest BCUT2D eigenvalue weighted by molar-refractivity contribution is -0.135. The number of carbonyl (C=O) groups excluding carboxylic acids is 1. The molecule has 4 nitrogen and oxygen atoms in total. The summed E-state index contributed by atoms with van der Waals surface area (Å²) < 4.78 is 0. The highest BCUT2D eigenvalue weighted by molar-refractivity contribution is 7.99. The molecule has 1 amide bonds. The molecule has 2 saturated heterocycles. The molecule has 5 heteroatoms. The van der Waals surface area contributed by atoms with Crippen molar-refractivity contribution in [2.24, 2.45) is 0 Å². The van der Waals surface area contributed by atoms with Crippen molar-refractivity contribution in [1.29, 1.82) is 5.26 Å². The van der Waals surface area contributed by atoms with Gasteiger partial charge in [0, 0.05) is 31.1 Å². The van der Waals surface area contributed by atoms with Gasteiger partial charge in [-0.05, 0) is 42.1 Å². The van der Waals surface area contributed by atoms with Crippen molar-refractivity contribution in [2.45, 2.75) is 25.4 Å². The van der Waals surface area contributed by atoms with Gasteiger partial charge in [-0.2, -0.15) is 17.0 Å². The minimum atomic E-state index is 0.0297. The maximum atomic E-state index is 13.0. The van der Waals surface area contributed by atoms with E-state index in [2.05, 4.69) is 40.1 Å². The van der Waals surface area contributed by atoms with Gasteiger partial charge >= 0.3 is 0 Å². The van der Waals surface area contributed by atoms with Crippen LogP contribution in [0.5, 0.6) is 0 Å². The zero-order valence-corrected chi connectivity index (χ0v) is 16.8. The molecule has 1 atom stereocenters. The summed E-state index contributed by atoms with van der Waals surface area (Å²) in [4.78, 5) is 17.3. The lowest BCUT2D eigenvalue weighted by Gasteiger charge is -2.32. The summed E-state index contributed by atoms with van der Waals surface area (Å²) in [7, 11) is 0. The number of amides is 1. The lowest BCUT2D eigenvalue weighted by Crippen LogP contribution is -2.48. The van der Waals surface area contributed by atoms with Crippen molar-refractivity contribution < 1.29 is 4.79 Å². The van der Waals surface area contributed by atoms with E-state index in [1.807, 2.05) is 36.0 Å². The number of hydrogen-bond donors (Lipinski definition) is 0. The fourth-order valence-electron chi connectivity index (χ4n) is 4.15. The molecule has 2 heterocycles. The highest BCUT2D eigenvalue weighted by atomic mass is 32.2. The molecule has 2 aromatic rings. The molecule has 2 aliphatic heterocycles. The Balaban J connectivity index is 1.45. The van der Waals surface area contributed by atoms with Gasteiger partial charge in [-0.3, -0.25) is 9.69 Å². The minimum Gasteiger partial charge on any atom is -0.340 e. The molecule has 2 fully saturated rings. The molecule has 2 aliphatic rings. The van der Waals surface area contributed by atoms with Gasteiger partial charge in [-0.25, -0.2) is 0 Å². The molecule has 1 unspecified atom stereocenters. The van der Waals surface area contributed by atoms with Crippen molar-refractivity contribution in [1.82, 2.24) is 9.80 Å². The number of benzene rings is 2. The summed E-state index contributed by atoms with van der Waals surface area (Å²) in [6.45, 7) is 3.57. The van der Waals surface area contributed by atoms with Crippen LogP contribution in [0.25, 0.3) is 11.1 Å². The Hall–Kier alpha value is -2.29. The third-order valence-electron chi connectivity index (χ3n) is 5.67. The van der Waals surface area contributed by atoms with E-state index >= 15 is 0 Å². The van der Waals surface area contributed by atoms with Crippen LogP contribution >= 0.6 is 11.8 Å². The van der Waals surface area contributed by atoms with Gasteiger partial charge in [0.05, 0.1) is 17.7 Å². The standard InChI is InChI=1S/C23H25N3OS/c24-16-20-4-1-2-5-21(20)19-9-7-18(8-10-19)17-26-11-3-6-22(26)23(27)25-12-14-28-15-13-25/h1-2,4-5,7-10,22H,3,6,11-15,17H2. The van der Waals surface area contributed by atoms with E-state index in [1.165, 1.54) is 5.56 Å². The predicted octanol–water partition coefficient (Wildman–Crippen LogP) is 3.77. The van der Waals surface area contributed by atoms with Crippen LogP contribution in [-0.2, 0) is 11.3 Å². The highest BCUT2D eigenvalue weighted by Gasteiger charge is 2.34. The maximum absolute atomic E-state index is 13.0. The third kappa shape index (κ3) is 4.09. The van der Waals surface area contributed by atoms with Crippen LogP contribution in [0.15, 0.2) is 48.5 Å². The number of nitrogens with zero attached hydrogens (tertiary/aromatic N) is 3. The predicted molar refractivity (Wildman–Crippen MR) is 114 cm³/mol. The second-order valence-electron chi connectivity index (χ2n) is 7.42. The Morgan fingerprint density at radius 3 is 2.57 bits per heavy atom. The number of nitriles is 1. The van der Waals surface area contributed by atoms with E-state index in [1.54, 1.807) is 0 Å². The fourth-order valence-corrected chi connectivity index (χ4v) is 5.05. The summed E-state index contributed by atoms with van der Waals surface area (Å²) in [5.41, 5.74) is 3.93. The monoisotopic (exact) mass is 391 g/mol. The van der Waals surface area contributed by atoms with E-state index in [4.69, 9.17) is 0 Å². The second-order valence-corrected chi connectivity index (χ2v) is 8.65. The topological polar surface area (TPSA) is 47.3 Å². The van der Waals surface area contributed by atoms with Gasteiger partial charge < -0.3 is 4.90 Å². The molecule has 0 spiro atoms. The molecular weight excluding hydrogens is 366 g/mol. The van der Waals surface area contributed by atoms with Gasteiger partial charge in [0.1, 0.15) is 0 Å². The summed E-state index contributed by atoms with van der Waals surface area (Å²) in [5, 5.41) is 9.32. The fraction of sp³-hybridized carbons (Fsp3) is 0.391. The van der Waals surface area contributed by atoms with Crippen LogP contribution in [0.2, 0.25) is 0 Å². The molecular formula is C23H25N3OS. The molecule has 0 saturated carbocycles. The van der Waals surface area contributed by atoms with Gasteiger partial charge in [0.25, 0.3) is 0 Å². The zero-order valence-electron chi connectivity index (χ0n) is 16.0. The third-order valence-corrected chi connectivity index (χ3v) is 6.61. The average molecular weight is 392 g/mol. The first kappa shape index (κ1) is 19.0. The van der Waals surface area contributed by atoms with Crippen molar-refractivity contribution in [3.8, 4) is 17.2 Å². The van der Waals surface area contributed by atoms with Crippen LogP contribution in [0.1, 0.15) is 24.0 Å². The quantitative estimate of drug-likeness (QED) is 0.796. The largest absolute Gasteiger partial charge is 0.340 e. The first-order valence-corrected chi connectivity index (χ1v) is 11.1. The van der Waals surface area contributed by atoms with Crippen molar-refractivity contribution >= 4 is 17.7 Å². The van der Waals surface area contributed by atoms with Crippen molar-refractivity contribution in [2.75, 3.05) is 31.1 Å². The average Bonchev–Trinajstić information content (AvgIpc) is 3.22. The number of carbonyl (C=O) groups is 1. The summed E-state index contributed by atoms with van der Waals surface area (Å²) in [6, 6.07) is 18.4. The molecule has 0 aromatic heterocycles. The SMILES string of the molecule is N#Cc1ccccc1-c1ccc(CN2CCCC2C(=O)N2CCSCC2)cc1. The van der Waals surface area contributed by atoms with Crippen LogP contribution in [0.3, 0.4) is 0 Å². The van der Waals surface area contributed by atoms with E-state index in [9.17, 15) is 10.1 Å². The zero-order chi connectivity index (χ0) is 19.3. The van der Waals surface area contributed by atoms with E-state index < -0.39 is 0 Å². The minimum absolute atomic E-state index is 0.0297. The number of rotatable bonds is 4. The first-order valence-electron chi connectivity index (χ1n) is 9.95. The molecule has 144 valence electrons. The Morgan fingerprint density at radius 2 is 1.82 bits per heavy atom. The number of thioether (sulfide) groups is 1. The Morgan fingerprint density at radius 1 is 1.07 bits per heavy atom. The molecule has 0 N–H and O–H groups in total. The van der Waals surface area contributed by atoms with Crippen LogP contribution in [-0.4, -0.2) is 52.9 Å². The Labute approximate surface area is 171 Å². The van der Waals surface area contributed by atoms with Crippen molar-refractivity contribution in [3.05, 3.63) is 59.7 Å². The van der Waals surface area contributed by atoms with Crippen LogP contribution in [0, 0.1) is 11.3 Å². The second kappa shape index (κ2) is 8.81. The molecule has 2 aromatic carbocycles. The molecule has 0 bridgehead atoms. The van der Waals surface area contributed by atoms with Gasteiger partial charge in [-0.1, -0.05) is 42.5 Å². The Bertz CT molecular complexity index is 868. The van der Waals surface area contributed by atoms with Gasteiger partial charge in [0.2, 0.25) is 5.91 Å². The molecule has 4 rings (SSSR count). The smallest absolute Gasteiger partial charge is 0.239 e. The maximum Gasteiger partial charge on any atom is 0.239 e. The van der Waals surface area contributed by atoms with Gasteiger partial charge in [-0.15, -0.1) is 0 Å². The van der Waals surface area contributed by atoms with Gasteiger partial charge in [0.15, 0.2) is 0 Å². The summed E-state index contributed by atoms with van der Waals surface area (Å²) in [6.07, 6.45) is 2.06. The van der Waals surface area contributed by atoms with E-state index in [-0.39, 0.29) is 6.04 Å². The number of likely N-dealkylation sites (tertiary alicyclic amines) is 1. The Kier molecular flexibility index (Phi) is 5.99. The normalized spacial score (nSPS) is 20.1. The molecule has 0 aliphatic carbocycles. The molecule has 28 heavy (non-hydrogen) atoms. The first-order chi connectivity index (χ1) is 13.8. The van der Waals surface area contributed by atoms with Crippen molar-refractivity contribution in [3.63, 3.8) is 0 Å². The molecule has 0 radical (unpaired) electrons. The van der Waals surface area contributed by atoms with E-state index in [0.717, 1.165) is 61.7 Å². The summed E-state index contributed by atoms with van der Waals surface area (Å²) >= 11 is 1.94. The summed E-state index contributed by atoms with van der Waals surface area (Å²) in [5.74, 6) is 2.44. The van der Waals surface area contributed by atoms with Crippen LogP contribution in [0.4, 0.5) is 0 Å².